The lowest BCUT2D eigenvalue weighted by atomic mass is 10.1. The Morgan fingerprint density at radius 1 is 0.714 bits per heavy atom. The normalized spacial score (nSPS) is 11.0. The zero-order valence-corrected chi connectivity index (χ0v) is 12.3. The highest BCUT2D eigenvalue weighted by Gasteiger charge is 2.06. The largest absolute Gasteiger partial charge is 0.395 e. The Balaban J connectivity index is 1.91. The van der Waals surface area contributed by atoms with Crippen molar-refractivity contribution in [2.75, 3.05) is 19.7 Å². The van der Waals surface area contributed by atoms with Crippen molar-refractivity contribution in [3.8, 4) is 0 Å². The Hall–Kier alpha value is -1.68. The van der Waals surface area contributed by atoms with E-state index >= 15 is 0 Å². The zero-order chi connectivity index (χ0) is 14.9. The lowest BCUT2D eigenvalue weighted by molar-refractivity contribution is 0.191. The molecule has 0 radical (unpaired) electrons. The van der Waals surface area contributed by atoms with Gasteiger partial charge in [0.05, 0.1) is 13.2 Å². The highest BCUT2D eigenvalue weighted by atomic mass is 16.3. The van der Waals surface area contributed by atoms with E-state index in [0.29, 0.717) is 6.54 Å². The van der Waals surface area contributed by atoms with Crippen molar-refractivity contribution in [1.82, 2.24) is 4.90 Å². The van der Waals surface area contributed by atoms with Gasteiger partial charge in [0.2, 0.25) is 0 Å². The lowest BCUT2D eigenvalue weighted by Gasteiger charge is -2.21. The summed E-state index contributed by atoms with van der Waals surface area (Å²) >= 11 is 0. The van der Waals surface area contributed by atoms with E-state index in [9.17, 15) is 5.11 Å². The average Bonchev–Trinajstić information content (AvgIpc) is 2.54. The van der Waals surface area contributed by atoms with Gasteiger partial charge in [-0.3, -0.25) is 4.90 Å². The maximum absolute atomic E-state index is 9.22. The molecule has 0 unspecified atom stereocenters. The first-order chi connectivity index (χ1) is 10.3. The third-order valence-electron chi connectivity index (χ3n) is 3.59. The second-order valence-corrected chi connectivity index (χ2v) is 5.21. The van der Waals surface area contributed by atoms with Crippen LogP contribution in [0.15, 0.2) is 54.6 Å². The van der Waals surface area contributed by atoms with E-state index < -0.39 is 0 Å². The van der Waals surface area contributed by atoms with Gasteiger partial charge in [0.1, 0.15) is 0 Å². The van der Waals surface area contributed by atoms with E-state index in [0.717, 1.165) is 25.1 Å². The average molecular weight is 285 g/mol. The van der Waals surface area contributed by atoms with E-state index in [1.54, 1.807) is 0 Å². The molecule has 2 rings (SSSR count). The van der Waals surface area contributed by atoms with E-state index in [2.05, 4.69) is 29.2 Å². The van der Waals surface area contributed by atoms with Gasteiger partial charge in [0, 0.05) is 19.6 Å². The fourth-order valence-corrected chi connectivity index (χ4v) is 2.35. The van der Waals surface area contributed by atoms with Crippen molar-refractivity contribution >= 4 is 0 Å². The Bertz CT molecular complexity index is 511. The maximum atomic E-state index is 9.22. The summed E-state index contributed by atoms with van der Waals surface area (Å²) in [5, 5.41) is 18.3. The van der Waals surface area contributed by atoms with Crippen molar-refractivity contribution in [3.63, 3.8) is 0 Å². The van der Waals surface area contributed by atoms with E-state index in [-0.39, 0.29) is 13.2 Å². The third kappa shape index (κ3) is 5.31. The molecule has 0 aromatic heterocycles. The quantitative estimate of drug-likeness (QED) is 0.781. The van der Waals surface area contributed by atoms with Crippen LogP contribution in [-0.4, -0.2) is 34.8 Å². The van der Waals surface area contributed by atoms with Crippen LogP contribution in [0.25, 0.3) is 0 Å². The van der Waals surface area contributed by atoms with Gasteiger partial charge in [0.25, 0.3) is 0 Å². The minimum atomic E-state index is 0.0780. The van der Waals surface area contributed by atoms with Gasteiger partial charge in [-0.1, -0.05) is 54.6 Å². The van der Waals surface area contributed by atoms with Gasteiger partial charge >= 0.3 is 0 Å². The second kappa shape index (κ2) is 8.57. The molecule has 0 fully saturated rings. The van der Waals surface area contributed by atoms with Gasteiger partial charge in [0.15, 0.2) is 0 Å². The molecule has 2 aromatic rings. The molecule has 0 aliphatic rings. The molecule has 0 bridgehead atoms. The highest BCUT2D eigenvalue weighted by molar-refractivity contribution is 5.22. The molecular formula is C18H23NO2. The zero-order valence-electron chi connectivity index (χ0n) is 12.3. The number of aliphatic hydroxyl groups excluding tert-OH is 2. The first kappa shape index (κ1) is 15.7. The molecule has 2 N–H and O–H groups in total. The summed E-state index contributed by atoms with van der Waals surface area (Å²) in [5.41, 5.74) is 3.45. The fourth-order valence-electron chi connectivity index (χ4n) is 2.35. The fraction of sp³-hybridized carbons (Fsp3) is 0.333. The van der Waals surface area contributed by atoms with Crippen LogP contribution >= 0.6 is 0 Å². The molecule has 112 valence electrons. The number of benzene rings is 2. The molecule has 0 aliphatic heterocycles. The molecule has 21 heavy (non-hydrogen) atoms. The molecule has 0 saturated carbocycles. The Labute approximate surface area is 126 Å². The molecular weight excluding hydrogens is 262 g/mol. The van der Waals surface area contributed by atoms with Crippen LogP contribution in [0.1, 0.15) is 16.7 Å². The summed E-state index contributed by atoms with van der Waals surface area (Å²) in [7, 11) is 0. The number of hydrogen-bond donors (Lipinski definition) is 2. The van der Waals surface area contributed by atoms with E-state index in [1.165, 1.54) is 11.1 Å². The first-order valence-electron chi connectivity index (χ1n) is 7.37. The lowest BCUT2D eigenvalue weighted by Crippen LogP contribution is -2.28. The molecule has 0 atom stereocenters. The predicted molar refractivity (Wildman–Crippen MR) is 84.9 cm³/mol. The number of nitrogens with zero attached hydrogens (tertiary/aromatic N) is 1. The van der Waals surface area contributed by atoms with Crippen LogP contribution in [0.3, 0.4) is 0 Å². The number of rotatable bonds is 8. The molecule has 0 saturated heterocycles. The smallest absolute Gasteiger partial charge is 0.0681 e. The van der Waals surface area contributed by atoms with Crippen LogP contribution in [0.4, 0.5) is 0 Å². The van der Waals surface area contributed by atoms with Crippen LogP contribution in [-0.2, 0) is 19.6 Å². The van der Waals surface area contributed by atoms with Crippen LogP contribution in [0.5, 0.6) is 0 Å². The van der Waals surface area contributed by atoms with Gasteiger partial charge in [-0.25, -0.2) is 0 Å². The van der Waals surface area contributed by atoms with Crippen molar-refractivity contribution < 1.29 is 10.2 Å². The Morgan fingerprint density at radius 3 is 2.00 bits per heavy atom. The topological polar surface area (TPSA) is 43.7 Å². The Kier molecular flexibility index (Phi) is 6.41. The monoisotopic (exact) mass is 285 g/mol. The van der Waals surface area contributed by atoms with Crippen LogP contribution in [0, 0.1) is 0 Å². The molecule has 0 heterocycles. The highest BCUT2D eigenvalue weighted by Crippen LogP contribution is 2.09. The minimum absolute atomic E-state index is 0.0780. The first-order valence-corrected chi connectivity index (χ1v) is 7.37. The van der Waals surface area contributed by atoms with Crippen LogP contribution < -0.4 is 0 Å². The summed E-state index contributed by atoms with van der Waals surface area (Å²) in [6, 6.07) is 18.4. The summed E-state index contributed by atoms with van der Waals surface area (Å²) in [5.74, 6) is 0. The van der Waals surface area contributed by atoms with E-state index in [4.69, 9.17) is 5.11 Å². The predicted octanol–water partition coefficient (Wildman–Crippen LogP) is 2.22. The summed E-state index contributed by atoms with van der Waals surface area (Å²) in [4.78, 5) is 2.25. The number of aliphatic hydroxyl groups is 2. The molecule has 0 aliphatic carbocycles. The number of hydrogen-bond acceptors (Lipinski definition) is 3. The summed E-state index contributed by atoms with van der Waals surface area (Å²) < 4.78 is 0. The molecule has 2 aromatic carbocycles. The van der Waals surface area contributed by atoms with Gasteiger partial charge in [-0.15, -0.1) is 0 Å². The van der Waals surface area contributed by atoms with Crippen molar-refractivity contribution in [2.24, 2.45) is 0 Å². The second-order valence-electron chi connectivity index (χ2n) is 5.21. The molecule has 3 nitrogen and oxygen atoms in total. The van der Waals surface area contributed by atoms with E-state index in [1.807, 2.05) is 30.3 Å². The molecule has 0 spiro atoms. The standard InChI is InChI=1S/C18H23NO2/c20-13-12-19(11-10-16-4-2-1-3-5-16)14-17-6-8-18(15-21)9-7-17/h1-9,20-21H,10-15H2. The van der Waals surface area contributed by atoms with Crippen LogP contribution in [0.2, 0.25) is 0 Å². The SMILES string of the molecule is OCCN(CCc1ccccc1)Cc1ccc(CO)cc1. The molecule has 3 heteroatoms. The summed E-state index contributed by atoms with van der Waals surface area (Å²) in [6.07, 6.45) is 0.982. The van der Waals surface area contributed by atoms with Gasteiger partial charge < -0.3 is 10.2 Å². The Morgan fingerprint density at radius 2 is 1.38 bits per heavy atom. The van der Waals surface area contributed by atoms with Crippen molar-refractivity contribution in [2.45, 2.75) is 19.6 Å². The van der Waals surface area contributed by atoms with Gasteiger partial charge in [-0.2, -0.15) is 0 Å². The molecule has 0 amide bonds. The van der Waals surface area contributed by atoms with Crippen molar-refractivity contribution in [1.29, 1.82) is 0 Å². The maximum Gasteiger partial charge on any atom is 0.0681 e. The van der Waals surface area contributed by atoms with Gasteiger partial charge in [-0.05, 0) is 23.1 Å². The summed E-state index contributed by atoms with van der Waals surface area (Å²) in [6.45, 7) is 2.66. The van der Waals surface area contributed by atoms with Crippen molar-refractivity contribution in [3.05, 3.63) is 71.3 Å². The third-order valence-corrected chi connectivity index (χ3v) is 3.59. The minimum Gasteiger partial charge on any atom is -0.395 e.